The molecule has 0 spiro atoms. The third-order valence-electron chi connectivity index (χ3n) is 7.78. The number of nitrogen functional groups attached to an aromatic ring is 1. The van der Waals surface area contributed by atoms with E-state index in [1.165, 1.54) is 59.8 Å². The van der Waals surface area contributed by atoms with Crippen LogP contribution in [0.25, 0.3) is 21.1 Å². The van der Waals surface area contributed by atoms with E-state index in [0.29, 0.717) is 41.0 Å². The van der Waals surface area contributed by atoms with E-state index in [1.54, 1.807) is 36.7 Å². The quantitative estimate of drug-likeness (QED) is 0.0998. The first-order valence-electron chi connectivity index (χ1n) is 17.1. The van der Waals surface area contributed by atoms with Crippen LogP contribution in [0.5, 0.6) is 5.75 Å². The average Bonchev–Trinajstić information content (AvgIpc) is 3.84. The fraction of sp³-hybridized carbons (Fsp3) is 0.256. The third kappa shape index (κ3) is 11.9. The molecule has 6 aromatic rings. The van der Waals surface area contributed by atoms with Gasteiger partial charge in [0.1, 0.15) is 25.8 Å². The van der Waals surface area contributed by atoms with Gasteiger partial charge in [0.2, 0.25) is 11.8 Å². The minimum atomic E-state index is -3.28. The Labute approximate surface area is 320 Å². The lowest BCUT2D eigenvalue weighted by molar-refractivity contribution is -0.158. The summed E-state index contributed by atoms with van der Waals surface area (Å²) >= 11 is 2.77. The molecule has 280 valence electrons. The Morgan fingerprint density at radius 3 is 1.91 bits per heavy atom. The number of benzene rings is 3. The zero-order chi connectivity index (χ0) is 38.7. The van der Waals surface area contributed by atoms with Crippen molar-refractivity contribution in [3.63, 3.8) is 0 Å². The van der Waals surface area contributed by atoms with Crippen molar-refractivity contribution < 1.29 is 23.1 Å². The number of nitrogens with zero attached hydrogens (tertiary/aromatic N) is 5. The summed E-state index contributed by atoms with van der Waals surface area (Å²) in [5.74, 6) is -0.232. The SMILES string of the molecule is CC(=O)NC(Cc1ccc(N)cc1)c1nnc(-c2cccc(OC(C)(F)F)c2)s1.CCc1cccc(CC(NC(C)=O)c2nnc(-c3cccnc3)s2)c1. The maximum Gasteiger partial charge on any atom is 0.394 e. The molecular weight excluding hydrogens is 731 g/mol. The van der Waals surface area contributed by atoms with Crippen LogP contribution in [-0.2, 0) is 28.9 Å². The predicted molar refractivity (Wildman–Crippen MR) is 207 cm³/mol. The number of anilines is 1. The maximum absolute atomic E-state index is 13.1. The molecule has 54 heavy (non-hydrogen) atoms. The molecule has 0 bridgehead atoms. The number of nitrogens with one attached hydrogen (secondary N) is 2. The molecule has 2 atom stereocenters. The van der Waals surface area contributed by atoms with Gasteiger partial charge in [-0.3, -0.25) is 14.6 Å². The molecule has 15 heteroatoms. The van der Waals surface area contributed by atoms with Gasteiger partial charge in [0.25, 0.3) is 0 Å². The summed E-state index contributed by atoms with van der Waals surface area (Å²) in [5.41, 5.74) is 11.4. The van der Waals surface area contributed by atoms with E-state index in [4.69, 9.17) is 5.73 Å². The first-order valence-corrected chi connectivity index (χ1v) is 18.7. The van der Waals surface area contributed by atoms with E-state index >= 15 is 0 Å². The second-order valence-corrected chi connectivity index (χ2v) is 14.4. The van der Waals surface area contributed by atoms with E-state index in [-0.39, 0.29) is 29.6 Å². The highest BCUT2D eigenvalue weighted by Crippen LogP contribution is 2.32. The molecule has 11 nitrogen and oxygen atoms in total. The van der Waals surface area contributed by atoms with Gasteiger partial charge in [0.15, 0.2) is 0 Å². The number of nitrogens with two attached hydrogens (primary N) is 1. The monoisotopic (exact) mass is 770 g/mol. The van der Waals surface area contributed by atoms with Gasteiger partial charge in [-0.05, 0) is 72.4 Å². The van der Waals surface area contributed by atoms with Crippen LogP contribution >= 0.6 is 22.7 Å². The molecule has 4 N–H and O–H groups in total. The number of aryl methyl sites for hydroxylation is 1. The highest BCUT2D eigenvalue weighted by atomic mass is 32.1. The summed E-state index contributed by atoms with van der Waals surface area (Å²) in [6.45, 7) is 5.77. The summed E-state index contributed by atoms with van der Waals surface area (Å²) in [6, 6.07) is 25.3. The van der Waals surface area contributed by atoms with Crippen molar-refractivity contribution in [2.45, 2.75) is 65.1 Å². The number of hydrogen-bond donors (Lipinski definition) is 3. The van der Waals surface area contributed by atoms with Crippen LogP contribution in [0.1, 0.15) is 66.5 Å². The molecule has 2 amide bonds. The van der Waals surface area contributed by atoms with E-state index in [1.807, 2.05) is 24.3 Å². The number of pyridine rings is 1. The Morgan fingerprint density at radius 2 is 1.33 bits per heavy atom. The van der Waals surface area contributed by atoms with Gasteiger partial charge in [0, 0.05) is 50.0 Å². The molecule has 0 saturated carbocycles. The van der Waals surface area contributed by atoms with Gasteiger partial charge in [-0.25, -0.2) is 0 Å². The second kappa shape index (κ2) is 18.4. The fourth-order valence-electron chi connectivity index (χ4n) is 5.37. The van der Waals surface area contributed by atoms with Crippen molar-refractivity contribution in [2.75, 3.05) is 5.73 Å². The number of amides is 2. The maximum atomic E-state index is 13.1. The van der Waals surface area contributed by atoms with Gasteiger partial charge in [-0.15, -0.1) is 20.4 Å². The van der Waals surface area contributed by atoms with Crippen LogP contribution in [0, 0.1) is 0 Å². The largest absolute Gasteiger partial charge is 0.433 e. The van der Waals surface area contributed by atoms with Gasteiger partial charge >= 0.3 is 6.11 Å². The smallest absolute Gasteiger partial charge is 0.394 e. The third-order valence-corrected chi connectivity index (χ3v) is 9.95. The Kier molecular flexibility index (Phi) is 13.5. The average molecular weight is 771 g/mol. The molecule has 3 aromatic heterocycles. The molecular formula is C39H40F2N8O3S2. The second-order valence-electron chi connectivity index (χ2n) is 12.4. The van der Waals surface area contributed by atoms with Crippen LogP contribution in [0.4, 0.5) is 14.5 Å². The van der Waals surface area contributed by atoms with Crippen molar-refractivity contribution in [1.29, 1.82) is 0 Å². The van der Waals surface area contributed by atoms with Crippen LogP contribution in [0.3, 0.4) is 0 Å². The number of carbonyl (C=O) groups excluding carboxylic acids is 2. The normalized spacial score (nSPS) is 12.2. The number of hydrogen-bond acceptors (Lipinski definition) is 11. The van der Waals surface area contributed by atoms with Gasteiger partial charge in [-0.1, -0.05) is 78.1 Å². The number of alkyl halides is 2. The number of aromatic nitrogens is 5. The molecule has 0 aliphatic carbocycles. The Hall–Kier alpha value is -5.67. The first kappa shape index (κ1) is 39.5. The summed E-state index contributed by atoms with van der Waals surface area (Å²) in [4.78, 5) is 27.4. The number of carbonyl (C=O) groups is 2. The molecule has 2 unspecified atom stereocenters. The van der Waals surface area contributed by atoms with Gasteiger partial charge in [-0.2, -0.15) is 8.78 Å². The Bertz CT molecular complexity index is 2140. The van der Waals surface area contributed by atoms with Crippen LogP contribution in [-0.4, -0.2) is 43.3 Å². The lowest BCUT2D eigenvalue weighted by atomic mass is 10.0. The standard InChI is InChI=1S/C20H20F2N4O2S.C19H20N4OS/c1-12(27)24-17(10-13-6-8-15(23)9-7-13)19-26-25-18(29-19)14-4-3-5-16(11-14)28-20(2,21)22;1-3-14-6-4-7-15(10-14)11-17(21-13(2)24)19-23-22-18(25-19)16-8-5-9-20-12-16/h3-9,11,17H,10,23H2,1-2H3,(H,24,27);4-10,12,17H,3,11H2,1-2H3,(H,21,24). The molecule has 0 saturated heterocycles. The zero-order valence-corrected chi connectivity index (χ0v) is 31.8. The van der Waals surface area contributed by atoms with E-state index < -0.39 is 6.11 Å². The number of halogens is 2. The Balaban J connectivity index is 0.000000210. The molecule has 0 fully saturated rings. The zero-order valence-electron chi connectivity index (χ0n) is 30.1. The van der Waals surface area contributed by atoms with Crippen molar-refractivity contribution in [3.8, 4) is 26.9 Å². The van der Waals surface area contributed by atoms with Gasteiger partial charge in [0.05, 0.1) is 12.1 Å². The van der Waals surface area contributed by atoms with Crippen molar-refractivity contribution in [2.24, 2.45) is 0 Å². The summed E-state index contributed by atoms with van der Waals surface area (Å²) in [5, 5.41) is 25.6. The van der Waals surface area contributed by atoms with Crippen LogP contribution in [0.15, 0.2) is 97.3 Å². The molecule has 0 aliphatic rings. The summed E-state index contributed by atoms with van der Waals surface area (Å²) < 4.78 is 30.8. The van der Waals surface area contributed by atoms with E-state index in [0.717, 1.165) is 27.6 Å². The minimum Gasteiger partial charge on any atom is -0.433 e. The lowest BCUT2D eigenvalue weighted by Gasteiger charge is -2.15. The summed E-state index contributed by atoms with van der Waals surface area (Å²) in [7, 11) is 0. The highest BCUT2D eigenvalue weighted by Gasteiger charge is 2.24. The molecule has 6 rings (SSSR count). The lowest BCUT2D eigenvalue weighted by Crippen LogP contribution is -2.27. The van der Waals surface area contributed by atoms with Crippen molar-refractivity contribution in [3.05, 3.63) is 124 Å². The number of ether oxygens (including phenoxy) is 1. The van der Waals surface area contributed by atoms with Crippen LogP contribution in [0.2, 0.25) is 0 Å². The molecule has 0 aliphatic heterocycles. The summed E-state index contributed by atoms with van der Waals surface area (Å²) in [6.07, 6.45) is 2.41. The van der Waals surface area contributed by atoms with E-state index in [9.17, 15) is 18.4 Å². The van der Waals surface area contributed by atoms with Gasteiger partial charge < -0.3 is 21.1 Å². The fourth-order valence-corrected chi connectivity index (χ4v) is 7.14. The molecule has 3 heterocycles. The van der Waals surface area contributed by atoms with E-state index in [2.05, 4.69) is 71.9 Å². The van der Waals surface area contributed by atoms with Crippen LogP contribution < -0.4 is 21.1 Å². The number of rotatable bonds is 13. The molecule has 3 aromatic carbocycles. The predicted octanol–water partition coefficient (Wildman–Crippen LogP) is 7.78. The Morgan fingerprint density at radius 1 is 0.759 bits per heavy atom. The first-order chi connectivity index (χ1) is 25.8. The topological polar surface area (TPSA) is 158 Å². The van der Waals surface area contributed by atoms with Crippen molar-refractivity contribution >= 4 is 40.2 Å². The minimum absolute atomic E-state index is 0.0343. The van der Waals surface area contributed by atoms with Crippen molar-refractivity contribution in [1.82, 2.24) is 36.0 Å². The highest BCUT2D eigenvalue weighted by molar-refractivity contribution is 7.15. The molecule has 0 radical (unpaired) electrons.